The van der Waals surface area contributed by atoms with Crippen molar-refractivity contribution in [2.24, 2.45) is 0 Å². The summed E-state index contributed by atoms with van der Waals surface area (Å²) in [6.45, 7) is 0. The van der Waals surface area contributed by atoms with E-state index in [1.54, 1.807) is 0 Å². The van der Waals surface area contributed by atoms with Gasteiger partial charge in [-0.2, -0.15) is 18.2 Å². The number of hydrogen-bond acceptors (Lipinski definition) is 5. The van der Waals surface area contributed by atoms with Gasteiger partial charge < -0.3 is 9.63 Å². The average molecular weight is 256 g/mol. The van der Waals surface area contributed by atoms with Gasteiger partial charge in [0.05, 0.1) is 11.5 Å². The molecule has 1 rings (SSSR count). The average Bonchev–Trinajstić information content (AvgIpc) is 2.48. The molecule has 0 atom stereocenters. The molecule has 0 aliphatic heterocycles. The van der Waals surface area contributed by atoms with Crippen molar-refractivity contribution in [1.82, 2.24) is 10.1 Å². The largest absolute Gasteiger partial charge is 0.481 e. The molecular weight excluding hydrogens is 249 g/mol. The zero-order valence-electron chi connectivity index (χ0n) is 7.82. The molecule has 0 saturated heterocycles. The van der Waals surface area contributed by atoms with Crippen LogP contribution in [0.2, 0.25) is 0 Å². The smallest absolute Gasteiger partial charge is 0.396 e. The van der Waals surface area contributed by atoms with Crippen LogP contribution in [0.3, 0.4) is 0 Å². The van der Waals surface area contributed by atoms with Crippen molar-refractivity contribution in [3.8, 4) is 0 Å². The number of aromatic nitrogens is 2. The fourth-order valence-corrected chi connectivity index (χ4v) is 1.39. The zero-order valence-corrected chi connectivity index (χ0v) is 8.64. The van der Waals surface area contributed by atoms with Crippen LogP contribution in [0.4, 0.5) is 13.2 Å². The van der Waals surface area contributed by atoms with Crippen molar-refractivity contribution in [2.45, 2.75) is 18.3 Å². The molecule has 1 N–H and O–H groups in total. The number of rotatable bonds is 5. The molecule has 0 radical (unpaired) electrons. The highest BCUT2D eigenvalue weighted by Crippen LogP contribution is 2.20. The highest BCUT2D eigenvalue weighted by atomic mass is 32.2. The quantitative estimate of drug-likeness (QED) is 0.860. The SMILES string of the molecule is O=C(O)CSCc1nc(CC(F)(F)F)no1. The lowest BCUT2D eigenvalue weighted by molar-refractivity contribution is -0.134. The maximum Gasteiger partial charge on any atom is 0.396 e. The predicted octanol–water partition coefficient (Wildman–Crippen LogP) is 1.49. The lowest BCUT2D eigenvalue weighted by Gasteiger charge is -1.99. The zero-order chi connectivity index (χ0) is 12.2. The van der Waals surface area contributed by atoms with Crippen LogP contribution in [0.5, 0.6) is 0 Å². The number of carbonyl (C=O) groups is 1. The van der Waals surface area contributed by atoms with Crippen molar-refractivity contribution in [1.29, 1.82) is 0 Å². The Bertz CT molecular complexity index is 366. The number of halogens is 3. The molecule has 16 heavy (non-hydrogen) atoms. The van der Waals surface area contributed by atoms with Gasteiger partial charge >= 0.3 is 12.1 Å². The lowest BCUT2D eigenvalue weighted by Crippen LogP contribution is -2.12. The summed E-state index contributed by atoms with van der Waals surface area (Å²) in [7, 11) is 0. The molecule has 0 aliphatic rings. The summed E-state index contributed by atoms with van der Waals surface area (Å²) in [5.41, 5.74) is 0. The minimum atomic E-state index is -4.38. The van der Waals surface area contributed by atoms with Gasteiger partial charge in [0.2, 0.25) is 5.89 Å². The van der Waals surface area contributed by atoms with Crippen LogP contribution < -0.4 is 0 Å². The second kappa shape index (κ2) is 5.19. The van der Waals surface area contributed by atoms with Gasteiger partial charge in [0.15, 0.2) is 5.82 Å². The summed E-state index contributed by atoms with van der Waals surface area (Å²) in [4.78, 5) is 13.6. The Morgan fingerprint density at radius 3 is 2.75 bits per heavy atom. The van der Waals surface area contributed by atoms with Gasteiger partial charge in [-0.25, -0.2) is 0 Å². The number of thioether (sulfide) groups is 1. The Morgan fingerprint density at radius 1 is 1.50 bits per heavy atom. The number of aliphatic carboxylic acids is 1. The highest BCUT2D eigenvalue weighted by molar-refractivity contribution is 7.99. The molecule has 90 valence electrons. The van der Waals surface area contributed by atoms with Crippen LogP contribution in [0.1, 0.15) is 11.7 Å². The van der Waals surface area contributed by atoms with Crippen LogP contribution >= 0.6 is 11.8 Å². The maximum absolute atomic E-state index is 11.9. The molecule has 0 spiro atoms. The first-order valence-corrected chi connectivity index (χ1v) is 5.20. The molecule has 1 aromatic rings. The molecule has 0 aliphatic carbocycles. The second-order valence-electron chi connectivity index (χ2n) is 2.78. The van der Waals surface area contributed by atoms with Crippen LogP contribution in [-0.2, 0) is 17.0 Å². The summed E-state index contributed by atoms with van der Waals surface area (Å²) in [5.74, 6) is -1.56. The number of nitrogens with zero attached hydrogens (tertiary/aromatic N) is 2. The van der Waals surface area contributed by atoms with Crippen molar-refractivity contribution >= 4 is 17.7 Å². The van der Waals surface area contributed by atoms with E-state index in [-0.39, 0.29) is 17.4 Å². The molecule has 0 saturated carbocycles. The van der Waals surface area contributed by atoms with Crippen molar-refractivity contribution in [2.75, 3.05) is 5.75 Å². The summed E-state index contributed by atoms with van der Waals surface area (Å²) < 4.78 is 40.2. The molecule has 0 amide bonds. The third kappa shape index (κ3) is 5.01. The van der Waals surface area contributed by atoms with E-state index in [9.17, 15) is 18.0 Å². The van der Waals surface area contributed by atoms with E-state index in [0.717, 1.165) is 11.8 Å². The van der Waals surface area contributed by atoms with E-state index in [1.165, 1.54) is 0 Å². The van der Waals surface area contributed by atoms with E-state index in [1.807, 2.05) is 0 Å². The molecule has 0 bridgehead atoms. The molecule has 1 heterocycles. The minimum absolute atomic E-state index is 0.00880. The maximum atomic E-state index is 11.9. The van der Waals surface area contributed by atoms with Gasteiger partial charge in [0, 0.05) is 0 Å². The Morgan fingerprint density at radius 2 is 2.19 bits per heavy atom. The molecular formula is C7H7F3N2O3S. The van der Waals surface area contributed by atoms with E-state index in [2.05, 4.69) is 14.7 Å². The number of carboxylic acids is 1. The number of alkyl halides is 3. The normalized spacial score (nSPS) is 11.7. The Hall–Kier alpha value is -1.25. The number of carboxylic acid groups (broad SMARTS) is 1. The van der Waals surface area contributed by atoms with Crippen molar-refractivity contribution < 1.29 is 27.6 Å². The van der Waals surface area contributed by atoms with Gasteiger partial charge in [-0.1, -0.05) is 5.16 Å². The van der Waals surface area contributed by atoms with Crippen molar-refractivity contribution in [3.63, 3.8) is 0 Å². The minimum Gasteiger partial charge on any atom is -0.481 e. The van der Waals surface area contributed by atoms with E-state index >= 15 is 0 Å². The van der Waals surface area contributed by atoms with Gasteiger partial charge in [-0.15, -0.1) is 11.8 Å². The van der Waals surface area contributed by atoms with Gasteiger partial charge in [-0.05, 0) is 0 Å². The van der Waals surface area contributed by atoms with E-state index in [0.29, 0.717) is 0 Å². The van der Waals surface area contributed by atoms with Gasteiger partial charge in [0.25, 0.3) is 0 Å². The molecule has 0 fully saturated rings. The van der Waals surface area contributed by atoms with Gasteiger partial charge in [-0.3, -0.25) is 4.79 Å². The predicted molar refractivity (Wildman–Crippen MR) is 47.9 cm³/mol. The Labute approximate surface area is 92.0 Å². The first-order chi connectivity index (χ1) is 7.37. The summed E-state index contributed by atoms with van der Waals surface area (Å²) >= 11 is 0.969. The number of hydrogen-bond donors (Lipinski definition) is 1. The third-order valence-corrected chi connectivity index (χ3v) is 2.22. The molecule has 0 aromatic carbocycles. The Balaban J connectivity index is 2.42. The van der Waals surface area contributed by atoms with Crippen LogP contribution in [0.15, 0.2) is 4.52 Å². The molecule has 1 aromatic heterocycles. The summed E-state index contributed by atoms with van der Waals surface area (Å²) in [6, 6.07) is 0. The summed E-state index contributed by atoms with van der Waals surface area (Å²) in [5, 5.41) is 11.4. The fraction of sp³-hybridized carbons (Fsp3) is 0.571. The van der Waals surface area contributed by atoms with Gasteiger partial charge in [0.1, 0.15) is 6.42 Å². The lowest BCUT2D eigenvalue weighted by atomic mass is 10.4. The summed E-state index contributed by atoms with van der Waals surface area (Å²) in [6.07, 6.45) is -5.63. The van der Waals surface area contributed by atoms with Crippen LogP contribution in [0, 0.1) is 0 Å². The molecule has 5 nitrogen and oxygen atoms in total. The fourth-order valence-electron chi connectivity index (χ4n) is 0.826. The van der Waals surface area contributed by atoms with Crippen molar-refractivity contribution in [3.05, 3.63) is 11.7 Å². The van der Waals surface area contributed by atoms with Crippen LogP contribution in [-0.4, -0.2) is 33.1 Å². The molecule has 9 heteroatoms. The molecule has 0 unspecified atom stereocenters. The second-order valence-corrected chi connectivity index (χ2v) is 3.77. The Kier molecular flexibility index (Phi) is 4.16. The third-order valence-electron chi connectivity index (χ3n) is 1.32. The first kappa shape index (κ1) is 12.8. The monoisotopic (exact) mass is 256 g/mol. The van der Waals surface area contributed by atoms with Crippen LogP contribution in [0.25, 0.3) is 0 Å². The van der Waals surface area contributed by atoms with E-state index < -0.39 is 24.4 Å². The first-order valence-electron chi connectivity index (χ1n) is 4.04. The highest BCUT2D eigenvalue weighted by Gasteiger charge is 2.30. The van der Waals surface area contributed by atoms with E-state index in [4.69, 9.17) is 5.11 Å². The standard InChI is InChI=1S/C7H7F3N2O3S/c8-7(9,10)1-4-11-5(15-12-4)2-16-3-6(13)14/h1-3H2,(H,13,14). The topological polar surface area (TPSA) is 76.2 Å².